The maximum Gasteiger partial charge on any atom is 0.321 e. The van der Waals surface area contributed by atoms with Gasteiger partial charge in [-0.2, -0.15) is 0 Å². The Kier molecular flexibility index (Phi) is 3.94. The Morgan fingerprint density at radius 1 is 1.20 bits per heavy atom. The number of benzene rings is 1. The summed E-state index contributed by atoms with van der Waals surface area (Å²) in [5.74, 6) is 0. The highest BCUT2D eigenvalue weighted by Gasteiger charge is 2.06. The van der Waals surface area contributed by atoms with Crippen molar-refractivity contribution < 1.29 is 4.79 Å². The summed E-state index contributed by atoms with van der Waals surface area (Å²) in [5, 5.41) is 8.27. The van der Waals surface area contributed by atoms with Crippen molar-refractivity contribution in [3.8, 4) is 0 Å². The molecule has 2 N–H and O–H groups in total. The molecule has 0 aliphatic carbocycles. The molecule has 0 fully saturated rings. The van der Waals surface area contributed by atoms with Crippen molar-refractivity contribution in [1.29, 1.82) is 0 Å². The minimum atomic E-state index is -0.208. The average Bonchev–Trinajstić information content (AvgIpc) is 3.06. The molecule has 2 heterocycles. The lowest BCUT2D eigenvalue weighted by atomic mass is 10.3. The number of urea groups is 1. The van der Waals surface area contributed by atoms with E-state index < -0.39 is 0 Å². The van der Waals surface area contributed by atoms with Crippen LogP contribution in [0.5, 0.6) is 0 Å². The number of nitrogens with one attached hydrogen (secondary N) is 2. The van der Waals surface area contributed by atoms with Gasteiger partial charge in [-0.15, -0.1) is 11.3 Å². The minimum Gasteiger partial charge on any atom is -0.337 e. The van der Waals surface area contributed by atoms with Crippen LogP contribution in [0.25, 0.3) is 10.2 Å². The number of hydrogen-bond acceptors (Lipinski definition) is 4. The van der Waals surface area contributed by atoms with Crippen molar-refractivity contribution in [2.75, 3.05) is 11.9 Å². The van der Waals surface area contributed by atoms with Gasteiger partial charge in [-0.25, -0.2) is 9.78 Å². The summed E-state index contributed by atoms with van der Waals surface area (Å²) >= 11 is 3.18. The predicted molar refractivity (Wildman–Crippen MR) is 84.7 cm³/mol. The lowest BCUT2D eigenvalue weighted by Gasteiger charge is -2.03. The Bertz CT molecular complexity index is 673. The van der Waals surface area contributed by atoms with Gasteiger partial charge in [0.15, 0.2) is 5.13 Å². The summed E-state index contributed by atoms with van der Waals surface area (Å²) in [6.45, 7) is 0.622. The molecule has 3 aromatic rings. The van der Waals surface area contributed by atoms with Crippen molar-refractivity contribution in [3.05, 3.63) is 46.7 Å². The van der Waals surface area contributed by atoms with Crippen LogP contribution in [0.3, 0.4) is 0 Å². The molecule has 3 rings (SSSR count). The molecule has 0 saturated carbocycles. The number of amides is 2. The number of carbonyl (C=O) groups is 1. The first kappa shape index (κ1) is 13.1. The van der Waals surface area contributed by atoms with Crippen LogP contribution in [0.1, 0.15) is 4.88 Å². The molecular formula is C14H13N3OS2. The van der Waals surface area contributed by atoms with Crippen LogP contribution in [-0.4, -0.2) is 17.6 Å². The van der Waals surface area contributed by atoms with Gasteiger partial charge in [0, 0.05) is 11.4 Å². The number of rotatable bonds is 4. The number of thiophene rings is 1. The smallest absolute Gasteiger partial charge is 0.321 e. The Morgan fingerprint density at radius 3 is 2.90 bits per heavy atom. The van der Waals surface area contributed by atoms with Gasteiger partial charge in [0.05, 0.1) is 10.2 Å². The maximum atomic E-state index is 11.8. The SMILES string of the molecule is O=C(NCCc1cccs1)Nc1nc2ccccc2s1. The number of thiazole rings is 1. The van der Waals surface area contributed by atoms with Gasteiger partial charge in [0.2, 0.25) is 0 Å². The maximum absolute atomic E-state index is 11.8. The molecule has 0 unspecified atom stereocenters. The number of nitrogens with zero attached hydrogens (tertiary/aromatic N) is 1. The van der Waals surface area contributed by atoms with E-state index in [-0.39, 0.29) is 6.03 Å². The summed E-state index contributed by atoms with van der Waals surface area (Å²) < 4.78 is 1.07. The third-order valence-electron chi connectivity index (χ3n) is 2.75. The minimum absolute atomic E-state index is 0.208. The van der Waals surface area contributed by atoms with Crippen molar-refractivity contribution in [2.45, 2.75) is 6.42 Å². The third kappa shape index (κ3) is 3.15. The van der Waals surface area contributed by atoms with Crippen molar-refractivity contribution in [2.24, 2.45) is 0 Å². The van der Waals surface area contributed by atoms with Gasteiger partial charge < -0.3 is 5.32 Å². The largest absolute Gasteiger partial charge is 0.337 e. The monoisotopic (exact) mass is 303 g/mol. The molecule has 1 aromatic carbocycles. The van der Waals surface area contributed by atoms with Crippen LogP contribution in [0, 0.1) is 0 Å². The van der Waals surface area contributed by atoms with Crippen LogP contribution in [0.2, 0.25) is 0 Å². The Morgan fingerprint density at radius 2 is 2.10 bits per heavy atom. The molecule has 0 saturated heterocycles. The first-order valence-corrected chi connectivity index (χ1v) is 7.94. The van der Waals surface area contributed by atoms with E-state index in [1.54, 1.807) is 11.3 Å². The zero-order chi connectivity index (χ0) is 13.8. The molecule has 0 spiro atoms. The van der Waals surface area contributed by atoms with E-state index in [9.17, 15) is 4.79 Å². The van der Waals surface area contributed by atoms with E-state index in [4.69, 9.17) is 0 Å². The molecule has 102 valence electrons. The van der Waals surface area contributed by atoms with E-state index in [0.29, 0.717) is 11.7 Å². The fourth-order valence-corrected chi connectivity index (χ4v) is 3.39. The van der Waals surface area contributed by atoms with Crippen molar-refractivity contribution in [3.63, 3.8) is 0 Å². The van der Waals surface area contributed by atoms with Gasteiger partial charge in [-0.1, -0.05) is 29.5 Å². The Hall–Kier alpha value is -1.92. The van der Waals surface area contributed by atoms with Gasteiger partial charge in [-0.05, 0) is 30.0 Å². The molecule has 0 atom stereocenters. The van der Waals surface area contributed by atoms with Crippen LogP contribution in [-0.2, 0) is 6.42 Å². The molecular weight excluding hydrogens is 290 g/mol. The topological polar surface area (TPSA) is 54.0 Å². The lowest BCUT2D eigenvalue weighted by Crippen LogP contribution is -2.30. The first-order valence-electron chi connectivity index (χ1n) is 6.24. The third-order valence-corrected chi connectivity index (χ3v) is 4.64. The van der Waals surface area contributed by atoms with Gasteiger partial charge in [0.1, 0.15) is 0 Å². The summed E-state index contributed by atoms with van der Waals surface area (Å²) in [7, 11) is 0. The zero-order valence-corrected chi connectivity index (χ0v) is 12.3. The molecule has 0 aliphatic rings. The highest BCUT2D eigenvalue weighted by atomic mass is 32.1. The summed E-state index contributed by atoms with van der Waals surface area (Å²) in [5.41, 5.74) is 0.909. The molecule has 4 nitrogen and oxygen atoms in total. The number of hydrogen-bond donors (Lipinski definition) is 2. The molecule has 0 aliphatic heterocycles. The quantitative estimate of drug-likeness (QED) is 0.771. The first-order chi connectivity index (χ1) is 9.81. The van der Waals surface area contributed by atoms with Crippen molar-refractivity contribution >= 4 is 44.1 Å². The second-order valence-corrected chi connectivity index (χ2v) is 6.26. The number of fused-ring (bicyclic) bond motifs is 1. The van der Waals surface area contributed by atoms with Crippen LogP contribution in [0.4, 0.5) is 9.93 Å². The van der Waals surface area contributed by atoms with Gasteiger partial charge >= 0.3 is 6.03 Å². The number of aromatic nitrogens is 1. The lowest BCUT2D eigenvalue weighted by molar-refractivity contribution is 0.252. The van der Waals surface area contributed by atoms with E-state index in [1.807, 2.05) is 35.7 Å². The summed E-state index contributed by atoms with van der Waals surface area (Å²) in [6.07, 6.45) is 0.852. The standard InChI is InChI=1S/C14H13N3OS2/c18-13(15-8-7-10-4-3-9-19-10)17-14-16-11-5-1-2-6-12(11)20-14/h1-6,9H,7-8H2,(H2,15,16,17,18). The molecule has 2 amide bonds. The highest BCUT2D eigenvalue weighted by Crippen LogP contribution is 2.25. The Balaban J connectivity index is 1.53. The normalized spacial score (nSPS) is 10.6. The van der Waals surface area contributed by atoms with Crippen LogP contribution in [0.15, 0.2) is 41.8 Å². The van der Waals surface area contributed by atoms with E-state index >= 15 is 0 Å². The molecule has 0 radical (unpaired) electrons. The fraction of sp³-hybridized carbons (Fsp3) is 0.143. The molecule has 6 heteroatoms. The van der Waals surface area contributed by atoms with Gasteiger partial charge in [-0.3, -0.25) is 5.32 Å². The average molecular weight is 303 g/mol. The second kappa shape index (κ2) is 6.02. The summed E-state index contributed by atoms with van der Waals surface area (Å²) in [6, 6.07) is 11.7. The highest BCUT2D eigenvalue weighted by molar-refractivity contribution is 7.22. The predicted octanol–water partition coefficient (Wildman–Crippen LogP) is 3.72. The summed E-state index contributed by atoms with van der Waals surface area (Å²) in [4.78, 5) is 17.4. The van der Waals surface area contributed by atoms with Crippen molar-refractivity contribution in [1.82, 2.24) is 10.3 Å². The Labute approximate surface area is 124 Å². The fourth-order valence-electron chi connectivity index (χ4n) is 1.82. The molecule has 20 heavy (non-hydrogen) atoms. The van der Waals surface area contributed by atoms with E-state index in [2.05, 4.69) is 21.7 Å². The van der Waals surface area contributed by atoms with E-state index in [0.717, 1.165) is 16.6 Å². The van der Waals surface area contributed by atoms with E-state index in [1.165, 1.54) is 16.2 Å². The van der Waals surface area contributed by atoms with Gasteiger partial charge in [0.25, 0.3) is 0 Å². The van der Waals surface area contributed by atoms with Crippen LogP contribution >= 0.6 is 22.7 Å². The zero-order valence-electron chi connectivity index (χ0n) is 10.6. The number of carbonyl (C=O) groups excluding carboxylic acids is 1. The number of para-hydroxylation sites is 1. The molecule has 2 aromatic heterocycles. The second-order valence-electron chi connectivity index (χ2n) is 4.20. The molecule has 0 bridgehead atoms. The van der Waals surface area contributed by atoms with Crippen LogP contribution < -0.4 is 10.6 Å². The number of anilines is 1.